The van der Waals surface area contributed by atoms with Gasteiger partial charge in [-0.1, -0.05) is 0 Å². The van der Waals surface area contributed by atoms with Crippen molar-refractivity contribution in [2.75, 3.05) is 31.6 Å². The van der Waals surface area contributed by atoms with Crippen LogP contribution in [0.4, 0.5) is 5.00 Å². The summed E-state index contributed by atoms with van der Waals surface area (Å²) in [7, 11) is 0. The molecular formula is C18H26N2O4S. The van der Waals surface area contributed by atoms with Crippen LogP contribution in [0.25, 0.3) is 0 Å². The molecule has 0 spiro atoms. The van der Waals surface area contributed by atoms with Crippen molar-refractivity contribution in [1.82, 2.24) is 4.90 Å². The molecule has 1 saturated carbocycles. The molecule has 0 unspecified atom stereocenters. The van der Waals surface area contributed by atoms with Gasteiger partial charge in [0.2, 0.25) is 5.91 Å². The molecule has 2 aliphatic rings. The van der Waals surface area contributed by atoms with Crippen LogP contribution in [0.2, 0.25) is 0 Å². The molecule has 1 aromatic rings. The number of carbonyl (C=O) groups is 2. The first kappa shape index (κ1) is 18.4. The van der Waals surface area contributed by atoms with Gasteiger partial charge in [-0.25, -0.2) is 4.79 Å². The van der Waals surface area contributed by atoms with Crippen LogP contribution in [0.5, 0.6) is 0 Å². The van der Waals surface area contributed by atoms with Crippen molar-refractivity contribution in [2.45, 2.75) is 51.7 Å². The van der Waals surface area contributed by atoms with Crippen LogP contribution in [0.15, 0.2) is 5.38 Å². The molecule has 2 fully saturated rings. The fraction of sp³-hybridized carbons (Fsp3) is 0.667. The predicted octanol–water partition coefficient (Wildman–Crippen LogP) is 2.85. The van der Waals surface area contributed by atoms with Crippen LogP contribution in [-0.2, 0) is 14.3 Å². The SMILES string of the molecule is CCOC(=O)c1c(C2CC2)csc1NC(=O)CN1C[C@H](C)O[C@@H](C)C1. The quantitative estimate of drug-likeness (QED) is 0.784. The van der Waals surface area contributed by atoms with E-state index in [1.54, 1.807) is 6.92 Å². The largest absolute Gasteiger partial charge is 0.462 e. The van der Waals surface area contributed by atoms with Crippen molar-refractivity contribution in [1.29, 1.82) is 0 Å². The molecular weight excluding hydrogens is 340 g/mol. The van der Waals surface area contributed by atoms with Crippen LogP contribution >= 0.6 is 11.3 Å². The molecule has 25 heavy (non-hydrogen) atoms. The van der Waals surface area contributed by atoms with Gasteiger partial charge in [0.05, 0.1) is 30.9 Å². The van der Waals surface area contributed by atoms with E-state index in [4.69, 9.17) is 9.47 Å². The first-order valence-electron chi connectivity index (χ1n) is 8.94. The maximum Gasteiger partial charge on any atom is 0.341 e. The summed E-state index contributed by atoms with van der Waals surface area (Å²) < 4.78 is 10.9. The highest BCUT2D eigenvalue weighted by molar-refractivity contribution is 7.15. The Balaban J connectivity index is 1.67. The Labute approximate surface area is 152 Å². The van der Waals surface area contributed by atoms with Gasteiger partial charge in [0.1, 0.15) is 5.00 Å². The molecule has 1 N–H and O–H groups in total. The third kappa shape index (κ3) is 4.59. The monoisotopic (exact) mass is 366 g/mol. The zero-order valence-electron chi connectivity index (χ0n) is 15.0. The molecule has 1 aromatic heterocycles. The summed E-state index contributed by atoms with van der Waals surface area (Å²) in [5, 5.41) is 5.52. The number of morpholine rings is 1. The third-order valence-corrected chi connectivity index (χ3v) is 5.35. The molecule has 3 rings (SSSR count). The standard InChI is InChI=1S/C18H26N2O4S/c1-4-23-18(22)16-14(13-5-6-13)10-25-17(16)19-15(21)9-20-7-11(2)24-12(3)8-20/h10-13H,4-9H2,1-3H3,(H,19,21)/t11-,12-/m0/s1. The Hall–Kier alpha value is -1.44. The summed E-state index contributed by atoms with van der Waals surface area (Å²) in [6.07, 6.45) is 2.44. The molecule has 1 aliphatic carbocycles. The first-order valence-corrected chi connectivity index (χ1v) is 9.82. The van der Waals surface area contributed by atoms with Gasteiger partial charge in [0.15, 0.2) is 0 Å². The summed E-state index contributed by atoms with van der Waals surface area (Å²) in [6, 6.07) is 0. The fourth-order valence-electron chi connectivity index (χ4n) is 3.35. The summed E-state index contributed by atoms with van der Waals surface area (Å²) in [5.74, 6) is -0.00661. The topological polar surface area (TPSA) is 67.9 Å². The minimum absolute atomic E-state index is 0.101. The van der Waals surface area contributed by atoms with E-state index in [2.05, 4.69) is 10.2 Å². The highest BCUT2D eigenvalue weighted by Crippen LogP contribution is 2.46. The molecule has 6 nitrogen and oxygen atoms in total. The third-order valence-electron chi connectivity index (χ3n) is 4.43. The number of anilines is 1. The second-order valence-electron chi connectivity index (χ2n) is 6.89. The van der Waals surface area contributed by atoms with Crippen LogP contribution in [-0.4, -0.2) is 55.2 Å². The van der Waals surface area contributed by atoms with Gasteiger partial charge >= 0.3 is 5.97 Å². The number of hydrogen-bond donors (Lipinski definition) is 1. The van der Waals surface area contributed by atoms with Crippen LogP contribution < -0.4 is 5.32 Å². The number of thiophene rings is 1. The highest BCUT2D eigenvalue weighted by Gasteiger charge is 2.32. The lowest BCUT2D eigenvalue weighted by atomic mass is 10.1. The molecule has 7 heteroatoms. The van der Waals surface area contributed by atoms with E-state index in [1.807, 2.05) is 19.2 Å². The lowest BCUT2D eigenvalue weighted by molar-refractivity contribution is -0.121. The number of rotatable bonds is 6. The summed E-state index contributed by atoms with van der Waals surface area (Å²) in [5.41, 5.74) is 1.57. The van der Waals surface area contributed by atoms with Gasteiger partial charge in [-0.3, -0.25) is 9.69 Å². The normalized spacial score (nSPS) is 24.1. The van der Waals surface area contributed by atoms with Crippen molar-refractivity contribution in [3.63, 3.8) is 0 Å². The summed E-state index contributed by atoms with van der Waals surface area (Å²) in [6.45, 7) is 7.93. The highest BCUT2D eigenvalue weighted by atomic mass is 32.1. The lowest BCUT2D eigenvalue weighted by Crippen LogP contribution is -2.48. The van der Waals surface area contributed by atoms with Gasteiger partial charge in [0, 0.05) is 13.1 Å². The number of hydrogen-bond acceptors (Lipinski definition) is 6. The molecule has 2 atom stereocenters. The summed E-state index contributed by atoms with van der Waals surface area (Å²) >= 11 is 1.41. The zero-order chi connectivity index (χ0) is 18.0. The molecule has 0 aromatic carbocycles. The number of ether oxygens (including phenoxy) is 2. The van der Waals surface area contributed by atoms with E-state index in [0.29, 0.717) is 29.6 Å². The average Bonchev–Trinajstić information content (AvgIpc) is 3.27. The van der Waals surface area contributed by atoms with Crippen LogP contribution in [0.3, 0.4) is 0 Å². The van der Waals surface area contributed by atoms with Crippen molar-refractivity contribution in [2.24, 2.45) is 0 Å². The summed E-state index contributed by atoms with van der Waals surface area (Å²) in [4.78, 5) is 26.9. The average molecular weight is 366 g/mol. The number of carbonyl (C=O) groups excluding carboxylic acids is 2. The second-order valence-corrected chi connectivity index (χ2v) is 7.77. The lowest BCUT2D eigenvalue weighted by Gasteiger charge is -2.34. The van der Waals surface area contributed by atoms with Gasteiger partial charge in [-0.15, -0.1) is 11.3 Å². The minimum Gasteiger partial charge on any atom is -0.462 e. The Morgan fingerprint density at radius 2 is 2.00 bits per heavy atom. The second kappa shape index (κ2) is 7.85. The van der Waals surface area contributed by atoms with E-state index >= 15 is 0 Å². The Kier molecular flexibility index (Phi) is 5.76. The molecule has 138 valence electrons. The van der Waals surface area contributed by atoms with E-state index in [0.717, 1.165) is 31.5 Å². The molecule has 2 heterocycles. The van der Waals surface area contributed by atoms with Crippen molar-refractivity contribution < 1.29 is 19.1 Å². The van der Waals surface area contributed by atoms with Crippen molar-refractivity contribution in [3.8, 4) is 0 Å². The van der Waals surface area contributed by atoms with E-state index < -0.39 is 0 Å². The van der Waals surface area contributed by atoms with E-state index in [-0.39, 0.29) is 24.1 Å². The van der Waals surface area contributed by atoms with Crippen LogP contribution in [0, 0.1) is 0 Å². The minimum atomic E-state index is -0.338. The number of amides is 1. The molecule has 1 amide bonds. The number of esters is 1. The Morgan fingerprint density at radius 3 is 2.60 bits per heavy atom. The molecule has 1 saturated heterocycles. The van der Waals surface area contributed by atoms with Crippen molar-refractivity contribution >= 4 is 28.2 Å². The Morgan fingerprint density at radius 1 is 1.32 bits per heavy atom. The zero-order valence-corrected chi connectivity index (χ0v) is 15.9. The first-order chi connectivity index (χ1) is 12.0. The predicted molar refractivity (Wildman–Crippen MR) is 97.3 cm³/mol. The number of nitrogens with one attached hydrogen (secondary N) is 1. The van der Waals surface area contributed by atoms with E-state index in [1.165, 1.54) is 11.3 Å². The molecule has 0 radical (unpaired) electrons. The number of nitrogens with zero attached hydrogens (tertiary/aromatic N) is 1. The smallest absolute Gasteiger partial charge is 0.341 e. The van der Waals surface area contributed by atoms with Crippen molar-refractivity contribution in [3.05, 3.63) is 16.5 Å². The molecule has 0 bridgehead atoms. The van der Waals surface area contributed by atoms with Crippen LogP contribution in [0.1, 0.15) is 55.5 Å². The maximum atomic E-state index is 12.5. The van der Waals surface area contributed by atoms with Gasteiger partial charge < -0.3 is 14.8 Å². The molecule has 1 aliphatic heterocycles. The fourth-order valence-corrected chi connectivity index (χ4v) is 4.40. The van der Waals surface area contributed by atoms with E-state index in [9.17, 15) is 9.59 Å². The maximum absolute atomic E-state index is 12.5. The van der Waals surface area contributed by atoms with Gasteiger partial charge in [0.25, 0.3) is 0 Å². The van der Waals surface area contributed by atoms with Gasteiger partial charge in [-0.05, 0) is 50.5 Å². The Bertz CT molecular complexity index is 631. The van der Waals surface area contributed by atoms with Gasteiger partial charge in [-0.2, -0.15) is 0 Å².